The highest BCUT2D eigenvalue weighted by Crippen LogP contribution is 2.13. The molecule has 0 unspecified atom stereocenters. The minimum Gasteiger partial charge on any atom is -0.475 e. The Kier molecular flexibility index (Phi) is 9.16. The van der Waals surface area contributed by atoms with E-state index in [1.807, 2.05) is 12.1 Å². The Morgan fingerprint density at radius 2 is 1.32 bits per heavy atom. The van der Waals surface area contributed by atoms with E-state index in [9.17, 15) is 26.3 Å². The number of hydrogen-bond donors (Lipinski definition) is 3. The van der Waals surface area contributed by atoms with Crippen LogP contribution < -0.4 is 5.73 Å². The molecule has 0 bridgehead atoms. The van der Waals surface area contributed by atoms with Crippen LogP contribution in [-0.4, -0.2) is 39.5 Å². The van der Waals surface area contributed by atoms with E-state index >= 15 is 0 Å². The summed E-state index contributed by atoms with van der Waals surface area (Å²) in [7, 11) is 0. The van der Waals surface area contributed by atoms with Gasteiger partial charge in [0, 0.05) is 0 Å². The molecule has 0 aromatic carbocycles. The van der Waals surface area contributed by atoms with Gasteiger partial charge in [-0.05, 0) is 28.1 Å². The first kappa shape index (κ1) is 22.2. The second-order valence-corrected chi connectivity index (χ2v) is 3.80. The third kappa shape index (κ3) is 13.0. The highest BCUT2D eigenvalue weighted by molar-refractivity contribution is 9.10. The zero-order valence-electron chi connectivity index (χ0n) is 10.1. The monoisotopic (exact) mass is 400 g/mol. The summed E-state index contributed by atoms with van der Waals surface area (Å²) in [6.45, 7) is 0. The van der Waals surface area contributed by atoms with E-state index < -0.39 is 24.3 Å². The minimum atomic E-state index is -5.08. The number of hydrogen-bond acceptors (Lipinski definition) is 4. The number of nitrogen functional groups attached to an aromatic ring is 1. The lowest BCUT2D eigenvalue weighted by molar-refractivity contribution is -0.193. The van der Waals surface area contributed by atoms with E-state index in [4.69, 9.17) is 25.5 Å². The molecule has 0 radical (unpaired) electrons. The fourth-order valence-corrected chi connectivity index (χ4v) is 0.781. The molecule has 0 aliphatic rings. The average Bonchev–Trinajstić information content (AvgIpc) is 2.27. The number of carboxylic acids is 2. The molecule has 1 heterocycles. The molecule has 0 atom stereocenters. The van der Waals surface area contributed by atoms with Gasteiger partial charge in [0.25, 0.3) is 0 Å². The molecule has 22 heavy (non-hydrogen) atoms. The zero-order valence-corrected chi connectivity index (χ0v) is 11.7. The van der Waals surface area contributed by atoms with Gasteiger partial charge in [-0.15, -0.1) is 0 Å². The number of pyridine rings is 1. The van der Waals surface area contributed by atoms with Crippen LogP contribution in [0.3, 0.4) is 0 Å². The van der Waals surface area contributed by atoms with E-state index in [1.54, 1.807) is 6.07 Å². The summed E-state index contributed by atoms with van der Waals surface area (Å²) in [5, 5.41) is 14.2. The van der Waals surface area contributed by atoms with E-state index in [0.29, 0.717) is 5.82 Å². The number of rotatable bonds is 0. The van der Waals surface area contributed by atoms with Crippen molar-refractivity contribution in [3.8, 4) is 0 Å². The van der Waals surface area contributed by atoms with Gasteiger partial charge in [0.05, 0.1) is 0 Å². The van der Waals surface area contributed by atoms with Crippen molar-refractivity contribution in [1.82, 2.24) is 4.98 Å². The molecule has 4 N–H and O–H groups in total. The number of anilines is 1. The Labute approximate surface area is 126 Å². The summed E-state index contributed by atoms with van der Waals surface area (Å²) >= 11 is 3.17. The maximum Gasteiger partial charge on any atom is 0.490 e. The summed E-state index contributed by atoms with van der Waals surface area (Å²) < 4.78 is 64.2. The number of alkyl halides is 6. The molecule has 1 aromatic heterocycles. The highest BCUT2D eigenvalue weighted by Gasteiger charge is 2.38. The van der Waals surface area contributed by atoms with Gasteiger partial charge >= 0.3 is 24.3 Å². The van der Waals surface area contributed by atoms with Gasteiger partial charge in [-0.1, -0.05) is 6.07 Å². The lowest BCUT2D eigenvalue weighted by atomic mass is 10.5. The molecular formula is C9H7BrF6N2O4. The van der Waals surface area contributed by atoms with Crippen LogP contribution in [0.4, 0.5) is 32.2 Å². The summed E-state index contributed by atoms with van der Waals surface area (Å²) in [4.78, 5) is 21.7. The average molecular weight is 401 g/mol. The lowest BCUT2D eigenvalue weighted by Gasteiger charge is -1.93. The molecule has 0 spiro atoms. The number of aliphatic carboxylic acids is 2. The van der Waals surface area contributed by atoms with Crippen LogP contribution in [0.5, 0.6) is 0 Å². The number of nitrogens with zero attached hydrogens (tertiary/aromatic N) is 1. The Morgan fingerprint density at radius 3 is 1.45 bits per heavy atom. The van der Waals surface area contributed by atoms with Crippen molar-refractivity contribution in [3.05, 3.63) is 22.8 Å². The molecule has 0 fully saturated rings. The van der Waals surface area contributed by atoms with Crippen molar-refractivity contribution in [2.24, 2.45) is 0 Å². The first-order valence-corrected chi connectivity index (χ1v) is 5.45. The summed E-state index contributed by atoms with van der Waals surface area (Å²) in [6, 6.07) is 5.41. The summed E-state index contributed by atoms with van der Waals surface area (Å²) in [6.07, 6.45) is -10.2. The van der Waals surface area contributed by atoms with Crippen LogP contribution in [0.2, 0.25) is 0 Å². The molecule has 126 valence electrons. The molecule has 0 amide bonds. The van der Waals surface area contributed by atoms with Crippen LogP contribution in [0.15, 0.2) is 22.8 Å². The van der Waals surface area contributed by atoms with Gasteiger partial charge in [0.1, 0.15) is 10.4 Å². The number of carbonyl (C=O) groups is 2. The molecule has 13 heteroatoms. The van der Waals surface area contributed by atoms with Gasteiger partial charge in [-0.3, -0.25) is 0 Å². The fraction of sp³-hybridized carbons (Fsp3) is 0.222. The summed E-state index contributed by atoms with van der Waals surface area (Å²) in [5.41, 5.74) is 5.32. The molecule has 6 nitrogen and oxygen atoms in total. The number of aromatic nitrogens is 1. The van der Waals surface area contributed by atoms with Crippen LogP contribution in [-0.2, 0) is 9.59 Å². The van der Waals surface area contributed by atoms with Gasteiger partial charge in [-0.2, -0.15) is 26.3 Å². The van der Waals surface area contributed by atoms with Crippen molar-refractivity contribution >= 4 is 33.7 Å². The minimum absolute atomic E-state index is 0.541. The molecule has 1 aromatic rings. The van der Waals surface area contributed by atoms with E-state index in [0.717, 1.165) is 4.60 Å². The van der Waals surface area contributed by atoms with Crippen molar-refractivity contribution in [1.29, 1.82) is 0 Å². The van der Waals surface area contributed by atoms with Crippen molar-refractivity contribution in [3.63, 3.8) is 0 Å². The SMILES string of the molecule is Nc1cccc(Br)n1.O=C(O)C(F)(F)F.O=C(O)C(F)(F)F. The van der Waals surface area contributed by atoms with Gasteiger partial charge < -0.3 is 15.9 Å². The standard InChI is InChI=1S/C5H5BrN2.2C2HF3O2/c6-4-2-1-3-5(7)8-4;2*3-2(4,5)1(6)7/h1-3H,(H2,7,8);2*(H,6,7). The fourth-order valence-electron chi connectivity index (χ4n) is 0.424. The maximum absolute atomic E-state index is 10.6. The Hall–Kier alpha value is -2.05. The third-order valence-electron chi connectivity index (χ3n) is 1.22. The van der Waals surface area contributed by atoms with Crippen LogP contribution in [0.1, 0.15) is 0 Å². The zero-order chi connectivity index (χ0) is 18.1. The highest BCUT2D eigenvalue weighted by atomic mass is 79.9. The molecular weight excluding hydrogens is 394 g/mol. The van der Waals surface area contributed by atoms with E-state index in [2.05, 4.69) is 20.9 Å². The smallest absolute Gasteiger partial charge is 0.475 e. The molecule has 0 saturated heterocycles. The van der Waals surface area contributed by atoms with E-state index in [1.165, 1.54) is 0 Å². The van der Waals surface area contributed by atoms with Crippen LogP contribution >= 0.6 is 15.9 Å². The third-order valence-corrected chi connectivity index (χ3v) is 1.66. The maximum atomic E-state index is 10.6. The molecule has 0 aliphatic heterocycles. The first-order chi connectivity index (χ1) is 9.67. The molecule has 0 aliphatic carbocycles. The molecule has 0 saturated carbocycles. The molecule has 1 rings (SSSR count). The van der Waals surface area contributed by atoms with Gasteiger partial charge in [-0.25, -0.2) is 14.6 Å². The number of nitrogens with two attached hydrogens (primary N) is 1. The Bertz CT molecular complexity index is 464. The second-order valence-electron chi connectivity index (χ2n) is 2.99. The number of halogens is 7. The van der Waals surface area contributed by atoms with E-state index in [-0.39, 0.29) is 0 Å². The summed E-state index contributed by atoms with van der Waals surface area (Å²) in [5.74, 6) is -4.97. The Balaban J connectivity index is 0. The van der Waals surface area contributed by atoms with Crippen molar-refractivity contribution in [2.45, 2.75) is 12.4 Å². The lowest BCUT2D eigenvalue weighted by Crippen LogP contribution is -2.21. The number of carboxylic acid groups (broad SMARTS) is 2. The normalized spacial score (nSPS) is 10.5. The first-order valence-electron chi connectivity index (χ1n) is 4.66. The predicted molar refractivity (Wildman–Crippen MR) is 63.7 cm³/mol. The van der Waals surface area contributed by atoms with Crippen LogP contribution in [0.25, 0.3) is 0 Å². The van der Waals surface area contributed by atoms with Crippen molar-refractivity contribution < 1.29 is 46.1 Å². The van der Waals surface area contributed by atoms with Crippen LogP contribution in [0, 0.1) is 0 Å². The quantitative estimate of drug-likeness (QED) is 0.455. The largest absolute Gasteiger partial charge is 0.490 e. The topological polar surface area (TPSA) is 114 Å². The van der Waals surface area contributed by atoms with Gasteiger partial charge in [0.15, 0.2) is 0 Å². The predicted octanol–water partition coefficient (Wildman–Crippen LogP) is 2.69. The Morgan fingerprint density at radius 1 is 1.00 bits per heavy atom. The van der Waals surface area contributed by atoms with Crippen molar-refractivity contribution in [2.75, 3.05) is 5.73 Å². The van der Waals surface area contributed by atoms with Gasteiger partial charge in [0.2, 0.25) is 0 Å². The second kappa shape index (κ2) is 9.07.